The van der Waals surface area contributed by atoms with Crippen LogP contribution < -0.4 is 10.4 Å². The minimum Gasteiger partial charge on any atom is -0.364 e. The lowest BCUT2D eigenvalue weighted by Gasteiger charge is -2.29. The van der Waals surface area contributed by atoms with Crippen molar-refractivity contribution in [3.63, 3.8) is 0 Å². The highest BCUT2D eigenvalue weighted by molar-refractivity contribution is 6.03. The Morgan fingerprint density at radius 1 is 1.23 bits per heavy atom. The number of benzene rings is 1. The van der Waals surface area contributed by atoms with Crippen LogP contribution in [0.1, 0.15) is 40.9 Å². The summed E-state index contributed by atoms with van der Waals surface area (Å²) in [5, 5.41) is 7.66. The number of carbonyl (C=O) groups is 1. The first-order chi connectivity index (χ1) is 15.0. The van der Waals surface area contributed by atoms with E-state index in [1.807, 2.05) is 37.5 Å². The Kier molecular flexibility index (Phi) is 5.05. The molecule has 2 aromatic heterocycles. The molecule has 1 fully saturated rings. The number of nitrogens with zero attached hydrogens (tertiary/aromatic N) is 4. The summed E-state index contributed by atoms with van der Waals surface area (Å²) in [6.45, 7) is 3.82. The smallest absolute Gasteiger partial charge is 0.268 e. The van der Waals surface area contributed by atoms with E-state index in [1.165, 1.54) is 19.3 Å². The fraction of sp³-hybridized carbons (Fsp3) is 0.348. The molecule has 1 unspecified atom stereocenters. The van der Waals surface area contributed by atoms with Crippen molar-refractivity contribution in [2.45, 2.75) is 19.3 Å². The van der Waals surface area contributed by atoms with E-state index in [-0.39, 0.29) is 10.3 Å². The van der Waals surface area contributed by atoms with Crippen LogP contribution in [0.25, 0.3) is 16.6 Å². The Balaban J connectivity index is 1.51. The van der Waals surface area contributed by atoms with Crippen molar-refractivity contribution < 1.29 is 9.63 Å². The van der Waals surface area contributed by atoms with E-state index in [9.17, 15) is 4.79 Å². The first-order valence-corrected chi connectivity index (χ1v) is 10.8. The van der Waals surface area contributed by atoms with Crippen LogP contribution in [-0.4, -0.2) is 59.3 Å². The monoisotopic (exact) mass is 419 g/mol. The van der Waals surface area contributed by atoms with Crippen molar-refractivity contribution in [3.05, 3.63) is 59.5 Å². The molecule has 2 aliphatic rings. The molecule has 0 radical (unpaired) electrons. The number of fused-ring (bicyclic) bond motifs is 2. The fourth-order valence-electron chi connectivity index (χ4n) is 4.61. The van der Waals surface area contributed by atoms with Gasteiger partial charge in [-0.2, -0.15) is 9.94 Å². The zero-order valence-corrected chi connectivity index (χ0v) is 17.7. The number of carbonyl (C=O) groups excluding carboxylic acids is 1. The number of piperidine rings is 1. The van der Waals surface area contributed by atoms with Crippen molar-refractivity contribution in [3.8, 4) is 0 Å². The van der Waals surface area contributed by atoms with Gasteiger partial charge in [0.25, 0.3) is 5.91 Å². The predicted molar refractivity (Wildman–Crippen MR) is 120 cm³/mol. The Hall–Kier alpha value is -3.07. The van der Waals surface area contributed by atoms with Crippen LogP contribution >= 0.6 is 0 Å². The van der Waals surface area contributed by atoms with Gasteiger partial charge in [-0.25, -0.2) is 4.98 Å². The molecule has 1 aromatic carbocycles. The van der Waals surface area contributed by atoms with Crippen LogP contribution in [-0.2, 0) is 4.84 Å². The lowest BCUT2D eigenvalue weighted by molar-refractivity contribution is -0.0951. The van der Waals surface area contributed by atoms with Gasteiger partial charge >= 0.3 is 0 Å². The second kappa shape index (κ2) is 7.88. The number of nitrogens with one attached hydrogen (secondary N) is 1. The van der Waals surface area contributed by atoms with Gasteiger partial charge in [-0.1, -0.05) is 18.6 Å². The van der Waals surface area contributed by atoms with Gasteiger partial charge in [0.05, 0.1) is 17.3 Å². The van der Waals surface area contributed by atoms with E-state index in [0.29, 0.717) is 17.8 Å². The number of aromatic amines is 1. The summed E-state index contributed by atoms with van der Waals surface area (Å²) in [6, 6.07) is 10.0. The van der Waals surface area contributed by atoms with Crippen LogP contribution in [0, 0.1) is 0 Å². The molecule has 5 rings (SSSR count). The number of hydroxylamine groups is 2. The van der Waals surface area contributed by atoms with Gasteiger partial charge in [0.1, 0.15) is 25.5 Å². The highest BCUT2D eigenvalue weighted by Gasteiger charge is 2.39. The third kappa shape index (κ3) is 3.63. The minimum atomic E-state index is -0.572. The number of H-pyrrole nitrogens is 1. The normalized spacial score (nSPS) is 21.3. The maximum Gasteiger partial charge on any atom is 0.268 e. The molecular formula is C23H27N6O2+. The number of amides is 1. The van der Waals surface area contributed by atoms with Gasteiger partial charge in [-0.3, -0.25) is 9.89 Å². The number of hydrogen-bond donors (Lipinski definition) is 2. The molecule has 1 atom stereocenters. The van der Waals surface area contributed by atoms with Crippen LogP contribution in [0.15, 0.2) is 42.7 Å². The number of nitrogens with two attached hydrogens (primary N) is 1. The second-order valence-electron chi connectivity index (χ2n) is 8.34. The number of primary amides is 1. The van der Waals surface area contributed by atoms with Crippen molar-refractivity contribution in [1.82, 2.24) is 24.7 Å². The van der Waals surface area contributed by atoms with E-state index in [1.54, 1.807) is 6.20 Å². The average molecular weight is 420 g/mol. The van der Waals surface area contributed by atoms with Crippen LogP contribution in [0.2, 0.25) is 0 Å². The molecule has 4 heterocycles. The molecule has 8 nitrogen and oxygen atoms in total. The molecule has 0 bridgehead atoms. The van der Waals surface area contributed by atoms with E-state index in [0.717, 1.165) is 41.8 Å². The van der Waals surface area contributed by atoms with Gasteiger partial charge < -0.3 is 10.6 Å². The molecular weight excluding hydrogens is 392 g/mol. The largest absolute Gasteiger partial charge is 0.364 e. The molecule has 0 aliphatic carbocycles. The van der Waals surface area contributed by atoms with E-state index >= 15 is 0 Å². The summed E-state index contributed by atoms with van der Waals surface area (Å²) in [6.07, 6.45) is 7.58. The number of hydrogen-bond acceptors (Lipinski definition) is 5. The molecule has 1 amide bonds. The Morgan fingerprint density at radius 2 is 2.03 bits per heavy atom. The van der Waals surface area contributed by atoms with E-state index in [2.05, 4.69) is 26.1 Å². The zero-order chi connectivity index (χ0) is 21.4. The minimum absolute atomic E-state index is 0.209. The summed E-state index contributed by atoms with van der Waals surface area (Å²) in [7, 11) is 2.02. The molecule has 2 aliphatic heterocycles. The third-order valence-corrected chi connectivity index (χ3v) is 6.21. The molecule has 160 valence electrons. The van der Waals surface area contributed by atoms with E-state index < -0.39 is 5.91 Å². The summed E-state index contributed by atoms with van der Waals surface area (Å²) in [5.74, 6) is -0.572. The number of likely N-dealkylation sites (tertiary alicyclic amines) is 1. The summed E-state index contributed by atoms with van der Waals surface area (Å²) in [5.41, 5.74) is 10.1. The highest BCUT2D eigenvalue weighted by atomic mass is 16.7. The van der Waals surface area contributed by atoms with E-state index in [4.69, 9.17) is 10.6 Å². The Bertz CT molecular complexity index is 1160. The van der Waals surface area contributed by atoms with Crippen LogP contribution in [0.5, 0.6) is 0 Å². The van der Waals surface area contributed by atoms with Gasteiger partial charge in [-0.05, 0) is 38.1 Å². The first kappa shape index (κ1) is 19.9. The fourth-order valence-corrected chi connectivity index (χ4v) is 4.61. The van der Waals surface area contributed by atoms with Crippen LogP contribution in [0.4, 0.5) is 5.69 Å². The number of rotatable bonds is 6. The molecule has 3 N–H and O–H groups in total. The summed E-state index contributed by atoms with van der Waals surface area (Å²) >= 11 is 0. The van der Waals surface area contributed by atoms with Crippen LogP contribution in [0.3, 0.4) is 0 Å². The number of pyridine rings is 1. The number of quaternary nitrogens is 1. The maximum absolute atomic E-state index is 12.2. The van der Waals surface area contributed by atoms with Gasteiger partial charge in [-0.15, -0.1) is 4.65 Å². The quantitative estimate of drug-likeness (QED) is 0.599. The Morgan fingerprint density at radius 3 is 2.84 bits per heavy atom. The first-order valence-electron chi connectivity index (χ1n) is 10.8. The molecule has 0 spiro atoms. The van der Waals surface area contributed by atoms with Gasteiger partial charge in [0, 0.05) is 23.6 Å². The van der Waals surface area contributed by atoms with Gasteiger partial charge in [0.15, 0.2) is 11.3 Å². The summed E-state index contributed by atoms with van der Waals surface area (Å²) < 4.78 is 0.209. The molecule has 31 heavy (non-hydrogen) atoms. The lowest BCUT2D eigenvalue weighted by atomic mass is 9.97. The SMILES string of the molecule is C[N+]1(OCCN2CCCCC2)C=C(c2cc3cn[nH]c3nc2C(N)=O)c2ccccc21. The topological polar surface area (TPSA) is 97.1 Å². The average Bonchev–Trinajstić information content (AvgIpc) is 3.36. The lowest BCUT2D eigenvalue weighted by Crippen LogP contribution is -2.41. The third-order valence-electron chi connectivity index (χ3n) is 6.21. The molecule has 8 heteroatoms. The zero-order valence-electron chi connectivity index (χ0n) is 17.7. The van der Waals surface area contributed by atoms with Crippen molar-refractivity contribution in [2.75, 3.05) is 33.3 Å². The maximum atomic E-state index is 12.2. The molecule has 3 aromatic rings. The standard InChI is InChI=1S/C23H26N6O2/c1-29(31-12-11-28-9-5-2-6-10-28)15-19(17-7-3-4-8-20(17)29)18-13-16-14-25-27-23(16)26-21(18)22(24)30/h3-4,7-8,13-15H,2,5-6,9-12H2,1H3,(H2-,24,25,26,27,30)/p+1. The number of para-hydroxylation sites is 1. The van der Waals surface area contributed by atoms with Crippen molar-refractivity contribution >= 4 is 28.2 Å². The summed E-state index contributed by atoms with van der Waals surface area (Å²) in [4.78, 5) is 25.5. The predicted octanol–water partition coefficient (Wildman–Crippen LogP) is 2.81. The second-order valence-corrected chi connectivity index (χ2v) is 8.34. The van der Waals surface area contributed by atoms with Gasteiger partial charge in [0.2, 0.25) is 0 Å². The van der Waals surface area contributed by atoms with Crippen molar-refractivity contribution in [2.24, 2.45) is 5.73 Å². The molecule has 0 saturated carbocycles. The highest BCUT2D eigenvalue weighted by Crippen LogP contribution is 2.43. The number of aromatic nitrogens is 3. The molecule has 1 saturated heterocycles. The van der Waals surface area contributed by atoms with Crippen molar-refractivity contribution in [1.29, 1.82) is 0 Å². The Labute approximate surface area is 180 Å².